The molecule has 0 bridgehead atoms. The normalized spacial score (nSPS) is 11.4. The summed E-state index contributed by atoms with van der Waals surface area (Å²) in [4.78, 5) is 11.4. The van der Waals surface area contributed by atoms with Crippen molar-refractivity contribution in [1.82, 2.24) is 15.1 Å². The number of carbonyl (C=O) groups excluding carboxylic acids is 1. The van der Waals surface area contributed by atoms with Gasteiger partial charge in [0.1, 0.15) is 5.60 Å². The van der Waals surface area contributed by atoms with Gasteiger partial charge in [0.05, 0.1) is 11.4 Å². The number of anilines is 1. The molecule has 1 amide bonds. The number of rotatable bonds is 7. The minimum Gasteiger partial charge on any atom is -0.444 e. The number of aromatic nitrogens is 2. The first-order valence-corrected chi connectivity index (χ1v) is 7.60. The number of nitrogens with zero attached hydrogens (tertiary/aromatic N) is 2. The Morgan fingerprint density at radius 3 is 2.67 bits per heavy atom. The molecular weight excluding hydrogens is 268 g/mol. The average Bonchev–Trinajstić information content (AvgIpc) is 2.72. The fraction of sp³-hybridized carbons (Fsp3) is 0.733. The van der Waals surface area contributed by atoms with Gasteiger partial charge in [0, 0.05) is 19.3 Å². The first kappa shape index (κ1) is 17.3. The number of amides is 1. The number of alkyl carbamates (subject to hydrolysis) is 1. The number of hydrogen-bond acceptors (Lipinski definition) is 4. The van der Waals surface area contributed by atoms with Gasteiger partial charge in [-0.25, -0.2) is 4.79 Å². The molecule has 0 atom stereocenters. The van der Waals surface area contributed by atoms with Gasteiger partial charge in [0.15, 0.2) is 0 Å². The number of nitrogen functional groups attached to an aromatic ring is 1. The predicted octanol–water partition coefficient (Wildman–Crippen LogP) is 2.72. The lowest BCUT2D eigenvalue weighted by Crippen LogP contribution is -2.33. The van der Waals surface area contributed by atoms with E-state index in [1.807, 2.05) is 38.6 Å². The largest absolute Gasteiger partial charge is 0.444 e. The molecule has 6 nitrogen and oxygen atoms in total. The van der Waals surface area contributed by atoms with Crippen LogP contribution in [0.1, 0.15) is 52.7 Å². The van der Waals surface area contributed by atoms with Crippen LogP contribution in [0.4, 0.5) is 10.5 Å². The average molecular weight is 296 g/mol. The van der Waals surface area contributed by atoms with E-state index in [2.05, 4.69) is 10.4 Å². The summed E-state index contributed by atoms with van der Waals surface area (Å²) in [6.07, 6.45) is 5.36. The highest BCUT2D eigenvalue weighted by molar-refractivity contribution is 5.67. The van der Waals surface area contributed by atoms with E-state index in [0.29, 0.717) is 6.54 Å². The van der Waals surface area contributed by atoms with Crippen molar-refractivity contribution in [3.8, 4) is 0 Å². The second-order valence-electron chi connectivity index (χ2n) is 6.14. The summed E-state index contributed by atoms with van der Waals surface area (Å²) in [6.45, 7) is 9.10. The van der Waals surface area contributed by atoms with Crippen LogP contribution in [0.15, 0.2) is 6.20 Å². The Kier molecular flexibility index (Phi) is 6.52. The molecule has 1 rings (SSSR count). The minimum atomic E-state index is -0.443. The summed E-state index contributed by atoms with van der Waals surface area (Å²) in [7, 11) is 0. The Hall–Kier alpha value is -1.72. The lowest BCUT2D eigenvalue weighted by Gasteiger charge is -2.19. The maximum Gasteiger partial charge on any atom is 0.407 e. The van der Waals surface area contributed by atoms with Crippen LogP contribution in [-0.4, -0.2) is 28.0 Å². The lowest BCUT2D eigenvalue weighted by atomic mass is 10.2. The number of aryl methyl sites for hydroxylation is 2. The highest BCUT2D eigenvalue weighted by Crippen LogP contribution is 2.10. The molecule has 21 heavy (non-hydrogen) atoms. The van der Waals surface area contributed by atoms with Gasteiger partial charge in [-0.1, -0.05) is 6.92 Å². The summed E-state index contributed by atoms with van der Waals surface area (Å²) in [5.74, 6) is 0. The van der Waals surface area contributed by atoms with Crippen molar-refractivity contribution >= 4 is 11.8 Å². The third kappa shape index (κ3) is 7.02. The van der Waals surface area contributed by atoms with E-state index in [0.717, 1.165) is 43.6 Å². The van der Waals surface area contributed by atoms with Crippen molar-refractivity contribution < 1.29 is 9.53 Å². The van der Waals surface area contributed by atoms with Crippen molar-refractivity contribution in [1.29, 1.82) is 0 Å². The van der Waals surface area contributed by atoms with Crippen LogP contribution < -0.4 is 11.1 Å². The Morgan fingerprint density at radius 1 is 1.38 bits per heavy atom. The maximum atomic E-state index is 11.4. The van der Waals surface area contributed by atoms with Gasteiger partial charge in [-0.3, -0.25) is 4.68 Å². The third-order valence-corrected chi connectivity index (χ3v) is 2.94. The van der Waals surface area contributed by atoms with Crippen molar-refractivity contribution in [2.75, 3.05) is 12.3 Å². The van der Waals surface area contributed by atoms with E-state index in [9.17, 15) is 4.79 Å². The number of carbonyl (C=O) groups is 1. The zero-order valence-electron chi connectivity index (χ0n) is 13.6. The molecule has 0 aliphatic carbocycles. The van der Waals surface area contributed by atoms with Crippen molar-refractivity contribution in [2.45, 2.75) is 65.5 Å². The first-order chi connectivity index (χ1) is 9.81. The molecule has 0 unspecified atom stereocenters. The molecule has 1 heterocycles. The molecule has 1 aromatic rings. The van der Waals surface area contributed by atoms with Crippen LogP contribution in [0.3, 0.4) is 0 Å². The Balaban J connectivity index is 2.10. The SMILES string of the molecule is CCc1nn(CCCCCNC(=O)OC(C)(C)C)cc1N. The van der Waals surface area contributed by atoms with Crippen LogP contribution in [0, 0.1) is 0 Å². The number of ether oxygens (including phenoxy) is 1. The van der Waals surface area contributed by atoms with Crippen molar-refractivity contribution in [2.24, 2.45) is 0 Å². The van der Waals surface area contributed by atoms with Crippen LogP contribution >= 0.6 is 0 Å². The lowest BCUT2D eigenvalue weighted by molar-refractivity contribution is 0.0527. The summed E-state index contributed by atoms with van der Waals surface area (Å²) in [5, 5.41) is 7.17. The van der Waals surface area contributed by atoms with Gasteiger partial charge in [-0.15, -0.1) is 0 Å². The van der Waals surface area contributed by atoms with Gasteiger partial charge in [0.2, 0.25) is 0 Å². The van der Waals surface area contributed by atoms with Gasteiger partial charge < -0.3 is 15.8 Å². The second-order valence-corrected chi connectivity index (χ2v) is 6.14. The second kappa shape index (κ2) is 7.90. The molecule has 1 aromatic heterocycles. The molecule has 0 radical (unpaired) electrons. The predicted molar refractivity (Wildman–Crippen MR) is 84.1 cm³/mol. The van der Waals surface area contributed by atoms with E-state index >= 15 is 0 Å². The quantitative estimate of drug-likeness (QED) is 0.758. The number of nitrogens with two attached hydrogens (primary N) is 1. The van der Waals surface area contributed by atoms with Crippen LogP contribution in [0.2, 0.25) is 0 Å². The molecule has 0 aliphatic heterocycles. The summed E-state index contributed by atoms with van der Waals surface area (Å²) >= 11 is 0. The van der Waals surface area contributed by atoms with E-state index in [1.54, 1.807) is 0 Å². The number of nitrogens with one attached hydrogen (secondary N) is 1. The smallest absolute Gasteiger partial charge is 0.407 e. The van der Waals surface area contributed by atoms with Gasteiger partial charge in [-0.05, 0) is 46.5 Å². The molecule has 0 aliphatic rings. The zero-order chi connectivity index (χ0) is 15.9. The summed E-state index contributed by atoms with van der Waals surface area (Å²) in [5.41, 5.74) is 7.13. The van der Waals surface area contributed by atoms with Gasteiger partial charge in [0.25, 0.3) is 0 Å². The summed E-state index contributed by atoms with van der Waals surface area (Å²) < 4.78 is 7.06. The fourth-order valence-corrected chi connectivity index (χ4v) is 1.95. The molecule has 0 saturated heterocycles. The standard InChI is InChI=1S/C15H28N4O2/c1-5-13-12(16)11-19(18-13)10-8-6-7-9-17-14(20)21-15(2,3)4/h11H,5-10,16H2,1-4H3,(H,17,20). The topological polar surface area (TPSA) is 82.2 Å². The molecule has 0 saturated carbocycles. The molecule has 120 valence electrons. The molecule has 0 spiro atoms. The highest BCUT2D eigenvalue weighted by atomic mass is 16.6. The maximum absolute atomic E-state index is 11.4. The van der Waals surface area contributed by atoms with Crippen molar-refractivity contribution in [3.63, 3.8) is 0 Å². The van der Waals surface area contributed by atoms with Crippen LogP contribution in [0.5, 0.6) is 0 Å². The molecule has 0 fully saturated rings. The fourth-order valence-electron chi connectivity index (χ4n) is 1.95. The minimum absolute atomic E-state index is 0.352. The van der Waals surface area contributed by atoms with E-state index in [4.69, 9.17) is 10.5 Å². The zero-order valence-corrected chi connectivity index (χ0v) is 13.6. The molecular formula is C15H28N4O2. The monoisotopic (exact) mass is 296 g/mol. The molecule has 3 N–H and O–H groups in total. The van der Waals surface area contributed by atoms with Gasteiger partial charge in [-0.2, -0.15) is 5.10 Å². The van der Waals surface area contributed by atoms with E-state index in [1.165, 1.54) is 0 Å². The highest BCUT2D eigenvalue weighted by Gasteiger charge is 2.15. The first-order valence-electron chi connectivity index (χ1n) is 7.60. The van der Waals surface area contributed by atoms with E-state index < -0.39 is 5.60 Å². The van der Waals surface area contributed by atoms with Crippen LogP contribution in [0.25, 0.3) is 0 Å². The Labute approximate surface area is 127 Å². The number of unbranched alkanes of at least 4 members (excludes halogenated alkanes) is 2. The molecule has 6 heteroatoms. The Bertz CT molecular complexity index is 449. The Morgan fingerprint density at radius 2 is 2.10 bits per heavy atom. The molecule has 0 aromatic carbocycles. The summed E-state index contributed by atoms with van der Waals surface area (Å²) in [6, 6.07) is 0. The van der Waals surface area contributed by atoms with Crippen LogP contribution in [-0.2, 0) is 17.7 Å². The van der Waals surface area contributed by atoms with E-state index in [-0.39, 0.29) is 6.09 Å². The van der Waals surface area contributed by atoms with Crippen molar-refractivity contribution in [3.05, 3.63) is 11.9 Å². The number of hydrogen-bond donors (Lipinski definition) is 2. The van der Waals surface area contributed by atoms with Gasteiger partial charge >= 0.3 is 6.09 Å². The third-order valence-electron chi connectivity index (χ3n) is 2.94.